The number of esters is 1. The Hall–Kier alpha value is -1.11. The van der Waals surface area contributed by atoms with Crippen molar-refractivity contribution in [3.8, 4) is 5.75 Å². The van der Waals surface area contributed by atoms with Crippen molar-refractivity contribution < 1.29 is 19.4 Å². The molecule has 0 radical (unpaired) electrons. The molecule has 0 saturated carbocycles. The van der Waals surface area contributed by atoms with Gasteiger partial charge in [0.05, 0.1) is 0 Å². The first-order valence-corrected chi connectivity index (χ1v) is 6.48. The molecule has 0 aliphatic rings. The highest BCUT2D eigenvalue weighted by Gasteiger charge is 2.23. The summed E-state index contributed by atoms with van der Waals surface area (Å²) in [5.41, 5.74) is -0.475. The first-order chi connectivity index (χ1) is 8.21. The molecule has 0 aliphatic heterocycles. The van der Waals surface area contributed by atoms with E-state index >= 15 is 0 Å². The molecular weight excluding hydrogens is 347 g/mol. The minimum Gasteiger partial charge on any atom is -0.507 e. The number of carbonyl (C=O) groups is 2. The fourth-order valence-corrected chi connectivity index (χ4v) is 1.59. The molecule has 0 aromatic heterocycles. The molecule has 0 amide bonds. The average molecular weight is 362 g/mol. The van der Waals surface area contributed by atoms with Crippen LogP contribution < -0.4 is 0 Å². The molecule has 4 nitrogen and oxygen atoms in total. The number of benzene rings is 1. The first-order valence-electron chi connectivity index (χ1n) is 5.41. The minimum absolute atomic E-state index is 0.0728. The maximum Gasteiger partial charge on any atom is 0.342 e. The highest BCUT2D eigenvalue weighted by Crippen LogP contribution is 2.21. The standard InChI is InChI=1S/C13H15IO4/c1-13(2,3)11(16)7-18-12(17)9-6-8(14)4-5-10(9)15/h4-6,15H,7H2,1-3H3. The van der Waals surface area contributed by atoms with Crippen LogP contribution in [0.2, 0.25) is 0 Å². The van der Waals surface area contributed by atoms with Gasteiger partial charge < -0.3 is 9.84 Å². The van der Waals surface area contributed by atoms with Crippen LogP contribution in [0.5, 0.6) is 5.75 Å². The molecule has 1 aromatic carbocycles. The second-order valence-electron chi connectivity index (χ2n) is 4.91. The molecule has 0 spiro atoms. The van der Waals surface area contributed by atoms with Gasteiger partial charge in [-0.1, -0.05) is 20.8 Å². The van der Waals surface area contributed by atoms with Crippen molar-refractivity contribution in [3.63, 3.8) is 0 Å². The van der Waals surface area contributed by atoms with Crippen LogP contribution >= 0.6 is 22.6 Å². The van der Waals surface area contributed by atoms with E-state index in [9.17, 15) is 14.7 Å². The number of hydrogen-bond donors (Lipinski definition) is 1. The van der Waals surface area contributed by atoms with Gasteiger partial charge in [0.25, 0.3) is 0 Å². The van der Waals surface area contributed by atoms with Crippen molar-refractivity contribution in [2.45, 2.75) is 20.8 Å². The zero-order valence-electron chi connectivity index (χ0n) is 10.5. The molecular formula is C13H15IO4. The number of hydrogen-bond acceptors (Lipinski definition) is 4. The van der Waals surface area contributed by atoms with Gasteiger partial charge in [-0.2, -0.15) is 0 Å². The van der Waals surface area contributed by atoms with E-state index in [4.69, 9.17) is 4.74 Å². The second-order valence-corrected chi connectivity index (χ2v) is 6.16. The topological polar surface area (TPSA) is 63.6 Å². The van der Waals surface area contributed by atoms with Gasteiger partial charge in [0.1, 0.15) is 11.3 Å². The van der Waals surface area contributed by atoms with Gasteiger partial charge in [-0.25, -0.2) is 4.79 Å². The number of ketones is 1. The normalized spacial score (nSPS) is 11.1. The second kappa shape index (κ2) is 5.69. The molecule has 5 heteroatoms. The quantitative estimate of drug-likeness (QED) is 0.664. The molecule has 1 N–H and O–H groups in total. The van der Waals surface area contributed by atoms with E-state index in [1.165, 1.54) is 12.1 Å². The van der Waals surface area contributed by atoms with Gasteiger partial charge in [-0.3, -0.25) is 4.79 Å². The van der Waals surface area contributed by atoms with Crippen LogP contribution in [-0.4, -0.2) is 23.5 Å². The van der Waals surface area contributed by atoms with Crippen molar-refractivity contribution in [2.24, 2.45) is 5.41 Å². The number of rotatable bonds is 3. The maximum atomic E-state index is 11.7. The van der Waals surface area contributed by atoms with E-state index in [0.29, 0.717) is 0 Å². The fraction of sp³-hybridized carbons (Fsp3) is 0.385. The molecule has 0 aliphatic carbocycles. The molecule has 0 fully saturated rings. The third-order valence-electron chi connectivity index (χ3n) is 2.35. The van der Waals surface area contributed by atoms with Gasteiger partial charge >= 0.3 is 5.97 Å². The number of Topliss-reactive ketones (excluding diaryl/α,β-unsaturated/α-hetero) is 1. The van der Waals surface area contributed by atoms with Gasteiger partial charge in [-0.05, 0) is 40.8 Å². The number of ether oxygens (including phenoxy) is 1. The Labute approximate surface area is 119 Å². The van der Waals surface area contributed by atoms with Crippen molar-refractivity contribution >= 4 is 34.3 Å². The largest absolute Gasteiger partial charge is 0.507 e. The van der Waals surface area contributed by atoms with E-state index in [0.717, 1.165) is 3.57 Å². The number of carbonyl (C=O) groups excluding carboxylic acids is 2. The highest BCUT2D eigenvalue weighted by atomic mass is 127. The lowest BCUT2D eigenvalue weighted by Gasteiger charge is -2.16. The molecule has 0 unspecified atom stereocenters. The smallest absolute Gasteiger partial charge is 0.342 e. The van der Waals surface area contributed by atoms with Crippen molar-refractivity contribution in [3.05, 3.63) is 27.3 Å². The number of aromatic hydroxyl groups is 1. The summed E-state index contributed by atoms with van der Waals surface area (Å²) in [6.07, 6.45) is 0. The van der Waals surface area contributed by atoms with Gasteiger partial charge in [-0.15, -0.1) is 0 Å². The van der Waals surface area contributed by atoms with Gasteiger partial charge in [0.15, 0.2) is 12.4 Å². The molecule has 18 heavy (non-hydrogen) atoms. The van der Waals surface area contributed by atoms with Crippen molar-refractivity contribution in [2.75, 3.05) is 6.61 Å². The Balaban J connectivity index is 2.72. The predicted octanol–water partition coefficient (Wildman–Crippen LogP) is 2.77. The highest BCUT2D eigenvalue weighted by molar-refractivity contribution is 14.1. The van der Waals surface area contributed by atoms with Crippen molar-refractivity contribution in [1.82, 2.24) is 0 Å². The summed E-state index contributed by atoms with van der Waals surface area (Å²) >= 11 is 2.02. The van der Waals surface area contributed by atoms with Crippen LogP contribution in [-0.2, 0) is 9.53 Å². The number of phenols is 1. The Kier molecular flexibility index (Phi) is 4.72. The number of halogens is 1. The lowest BCUT2D eigenvalue weighted by Crippen LogP contribution is -2.26. The lowest BCUT2D eigenvalue weighted by atomic mass is 9.91. The third-order valence-corrected chi connectivity index (χ3v) is 3.02. The zero-order valence-corrected chi connectivity index (χ0v) is 12.6. The van der Waals surface area contributed by atoms with Crippen LogP contribution in [0.15, 0.2) is 18.2 Å². The molecule has 1 rings (SSSR count). The molecule has 0 heterocycles. The van der Waals surface area contributed by atoms with E-state index in [1.807, 2.05) is 22.6 Å². The van der Waals surface area contributed by atoms with Gasteiger partial charge in [0, 0.05) is 8.99 Å². The maximum absolute atomic E-state index is 11.7. The Bertz CT molecular complexity index is 474. The zero-order chi connectivity index (χ0) is 13.9. The van der Waals surface area contributed by atoms with Crippen LogP contribution in [0.3, 0.4) is 0 Å². The molecule has 0 saturated heterocycles. The summed E-state index contributed by atoms with van der Waals surface area (Å²) in [5, 5.41) is 9.54. The summed E-state index contributed by atoms with van der Waals surface area (Å²) in [4.78, 5) is 23.3. The van der Waals surface area contributed by atoms with E-state index < -0.39 is 11.4 Å². The summed E-state index contributed by atoms with van der Waals surface area (Å²) in [5.74, 6) is -1.01. The Morgan fingerprint density at radius 3 is 2.50 bits per heavy atom. The van der Waals surface area contributed by atoms with E-state index in [1.54, 1.807) is 26.8 Å². The fourth-order valence-electron chi connectivity index (χ4n) is 1.10. The van der Waals surface area contributed by atoms with Crippen LogP contribution in [0.4, 0.5) is 0 Å². The Morgan fingerprint density at radius 1 is 1.33 bits per heavy atom. The monoisotopic (exact) mass is 362 g/mol. The summed E-state index contributed by atoms with van der Waals surface area (Å²) in [6, 6.07) is 4.61. The van der Waals surface area contributed by atoms with Gasteiger partial charge in [0.2, 0.25) is 0 Å². The van der Waals surface area contributed by atoms with Crippen LogP contribution in [0, 0.1) is 8.99 Å². The number of phenolic OH excluding ortho intramolecular Hbond substituents is 1. The Morgan fingerprint density at radius 2 is 1.94 bits per heavy atom. The molecule has 0 atom stereocenters. The third kappa shape index (κ3) is 3.97. The van der Waals surface area contributed by atoms with Crippen LogP contribution in [0.1, 0.15) is 31.1 Å². The summed E-state index contributed by atoms with van der Waals surface area (Å²) < 4.78 is 5.71. The van der Waals surface area contributed by atoms with Crippen LogP contribution in [0.25, 0.3) is 0 Å². The first kappa shape index (κ1) is 14.9. The van der Waals surface area contributed by atoms with E-state index in [2.05, 4.69) is 0 Å². The molecule has 98 valence electrons. The lowest BCUT2D eigenvalue weighted by molar-refractivity contribution is -0.129. The molecule has 1 aromatic rings. The van der Waals surface area contributed by atoms with Crippen molar-refractivity contribution in [1.29, 1.82) is 0 Å². The average Bonchev–Trinajstić information content (AvgIpc) is 2.27. The van der Waals surface area contributed by atoms with E-state index in [-0.39, 0.29) is 23.7 Å². The summed E-state index contributed by atoms with van der Waals surface area (Å²) in [7, 11) is 0. The molecule has 0 bridgehead atoms. The predicted molar refractivity (Wildman–Crippen MR) is 75.6 cm³/mol. The minimum atomic E-state index is -0.691. The summed E-state index contributed by atoms with van der Waals surface area (Å²) in [6.45, 7) is 4.98. The SMILES string of the molecule is CC(C)(C)C(=O)COC(=O)c1cc(I)ccc1O.